The van der Waals surface area contributed by atoms with E-state index < -0.39 is 6.09 Å². The average Bonchev–Trinajstić information content (AvgIpc) is 2.64. The number of nitrogens with zero attached hydrogens (tertiary/aromatic N) is 1. The Kier molecular flexibility index (Phi) is 5.06. The molecule has 0 aliphatic carbocycles. The molecule has 2 aromatic carbocycles. The Balaban J connectivity index is 1.49. The Morgan fingerprint density at radius 3 is 2.83 bits per heavy atom. The van der Waals surface area contributed by atoms with E-state index in [0.717, 1.165) is 22.0 Å². The molecule has 4 nitrogen and oxygen atoms in total. The molecule has 0 aliphatic rings. The van der Waals surface area contributed by atoms with Gasteiger partial charge in [-0.2, -0.15) is 0 Å². The fourth-order valence-electron chi connectivity index (χ4n) is 2.19. The largest absolute Gasteiger partial charge is 0.445 e. The van der Waals surface area contributed by atoms with E-state index in [9.17, 15) is 4.79 Å². The van der Waals surface area contributed by atoms with Crippen molar-refractivity contribution in [3.05, 3.63) is 78.0 Å². The topological polar surface area (TPSA) is 51.2 Å². The van der Waals surface area contributed by atoms with E-state index in [2.05, 4.69) is 22.1 Å². The molecule has 118 valence electrons. The molecule has 0 bridgehead atoms. The number of rotatable bonds is 3. The summed E-state index contributed by atoms with van der Waals surface area (Å²) in [7, 11) is 0. The van der Waals surface area contributed by atoms with Crippen LogP contribution in [0.25, 0.3) is 10.9 Å². The molecule has 1 N–H and O–H groups in total. The predicted octanol–water partition coefficient (Wildman–Crippen LogP) is 3.51. The highest BCUT2D eigenvalue weighted by molar-refractivity contribution is 5.79. The quantitative estimate of drug-likeness (QED) is 0.752. The smallest absolute Gasteiger partial charge is 0.408 e. The van der Waals surface area contributed by atoms with Crippen molar-refractivity contribution >= 4 is 17.0 Å². The number of pyridine rings is 1. The van der Waals surface area contributed by atoms with Crippen molar-refractivity contribution in [2.24, 2.45) is 0 Å². The molecule has 3 rings (SSSR count). The van der Waals surface area contributed by atoms with Crippen LogP contribution in [0.3, 0.4) is 0 Å². The number of aromatic nitrogens is 1. The predicted molar refractivity (Wildman–Crippen MR) is 93.3 cm³/mol. The number of fused-ring (bicyclic) bond motifs is 1. The van der Waals surface area contributed by atoms with Crippen LogP contribution in [0.4, 0.5) is 4.79 Å². The highest BCUT2D eigenvalue weighted by Crippen LogP contribution is 2.12. The molecule has 0 saturated carbocycles. The van der Waals surface area contributed by atoms with Crippen molar-refractivity contribution < 1.29 is 9.53 Å². The molecule has 4 heteroatoms. The van der Waals surface area contributed by atoms with Gasteiger partial charge in [-0.05, 0) is 29.8 Å². The molecule has 1 amide bonds. The third kappa shape index (κ3) is 4.34. The minimum atomic E-state index is -0.476. The van der Waals surface area contributed by atoms with Gasteiger partial charge in [-0.3, -0.25) is 4.98 Å². The third-order valence-electron chi connectivity index (χ3n) is 3.37. The van der Waals surface area contributed by atoms with Gasteiger partial charge in [0.15, 0.2) is 0 Å². The fraction of sp³-hybridized carbons (Fsp3) is 0.100. The first kappa shape index (κ1) is 15.6. The van der Waals surface area contributed by atoms with Gasteiger partial charge < -0.3 is 10.1 Å². The molecule has 0 unspecified atom stereocenters. The van der Waals surface area contributed by atoms with Gasteiger partial charge in [-0.25, -0.2) is 4.79 Å². The van der Waals surface area contributed by atoms with E-state index in [4.69, 9.17) is 4.74 Å². The summed E-state index contributed by atoms with van der Waals surface area (Å²) in [6, 6.07) is 19.2. The molecule has 0 fully saturated rings. The van der Waals surface area contributed by atoms with Gasteiger partial charge in [-0.15, -0.1) is 0 Å². The molecule has 0 atom stereocenters. The SMILES string of the molecule is O=C(NCC#Cc1ccc2ncccc2c1)OCc1ccccc1. The number of carbonyl (C=O) groups excluding carboxylic acids is 1. The van der Waals surface area contributed by atoms with Crippen LogP contribution in [0.2, 0.25) is 0 Å². The number of amides is 1. The van der Waals surface area contributed by atoms with Gasteiger partial charge >= 0.3 is 6.09 Å². The molecule has 3 aromatic rings. The summed E-state index contributed by atoms with van der Waals surface area (Å²) in [6.07, 6.45) is 1.29. The summed E-state index contributed by atoms with van der Waals surface area (Å²) in [5.41, 5.74) is 2.77. The minimum absolute atomic E-state index is 0.235. The maximum absolute atomic E-state index is 11.6. The van der Waals surface area contributed by atoms with E-state index in [0.29, 0.717) is 0 Å². The van der Waals surface area contributed by atoms with E-state index >= 15 is 0 Å². The average molecular weight is 316 g/mol. The standard InChI is InChI=1S/C20H16N2O2/c23-20(24-15-17-6-2-1-3-7-17)22-13-4-8-16-10-11-19-18(14-16)9-5-12-21-19/h1-3,5-7,9-12,14H,13,15H2,(H,22,23). The highest BCUT2D eigenvalue weighted by atomic mass is 16.5. The lowest BCUT2D eigenvalue weighted by Crippen LogP contribution is -2.24. The first-order valence-electron chi connectivity index (χ1n) is 7.59. The molecular formula is C20H16N2O2. The Labute approximate surface area is 140 Å². The Hall–Kier alpha value is -3.32. The Morgan fingerprint density at radius 1 is 1.08 bits per heavy atom. The number of hydrogen-bond donors (Lipinski definition) is 1. The second-order valence-corrected chi connectivity index (χ2v) is 5.13. The van der Waals surface area contributed by atoms with E-state index in [1.807, 2.05) is 60.7 Å². The molecule has 0 radical (unpaired) electrons. The number of nitrogens with one attached hydrogen (secondary N) is 1. The summed E-state index contributed by atoms with van der Waals surface area (Å²) < 4.78 is 5.11. The number of ether oxygens (including phenoxy) is 1. The Morgan fingerprint density at radius 2 is 1.96 bits per heavy atom. The number of benzene rings is 2. The van der Waals surface area contributed by atoms with Crippen LogP contribution in [0.15, 0.2) is 66.9 Å². The van der Waals surface area contributed by atoms with Crippen molar-refractivity contribution in [1.82, 2.24) is 10.3 Å². The summed E-state index contributed by atoms with van der Waals surface area (Å²) in [4.78, 5) is 15.9. The zero-order valence-corrected chi connectivity index (χ0v) is 13.0. The maximum Gasteiger partial charge on any atom is 0.408 e. The molecule has 0 spiro atoms. The summed E-state index contributed by atoms with van der Waals surface area (Å²) in [5.74, 6) is 5.93. The number of hydrogen-bond acceptors (Lipinski definition) is 3. The molecule has 1 heterocycles. The monoisotopic (exact) mass is 316 g/mol. The first-order chi connectivity index (χ1) is 11.8. The van der Waals surface area contributed by atoms with Crippen LogP contribution in [-0.4, -0.2) is 17.6 Å². The van der Waals surface area contributed by atoms with Gasteiger partial charge in [0.25, 0.3) is 0 Å². The number of carbonyl (C=O) groups is 1. The maximum atomic E-state index is 11.6. The van der Waals surface area contributed by atoms with Crippen molar-refractivity contribution in [2.75, 3.05) is 6.54 Å². The van der Waals surface area contributed by atoms with Gasteiger partial charge in [-0.1, -0.05) is 48.2 Å². The van der Waals surface area contributed by atoms with Crippen LogP contribution >= 0.6 is 0 Å². The van der Waals surface area contributed by atoms with Crippen LogP contribution in [0.5, 0.6) is 0 Å². The molecule has 1 aromatic heterocycles. The van der Waals surface area contributed by atoms with Crippen LogP contribution in [0, 0.1) is 11.8 Å². The van der Waals surface area contributed by atoms with E-state index in [-0.39, 0.29) is 13.2 Å². The van der Waals surface area contributed by atoms with Crippen molar-refractivity contribution in [3.63, 3.8) is 0 Å². The Bertz CT molecular complexity index is 895. The van der Waals surface area contributed by atoms with Gasteiger partial charge in [0, 0.05) is 17.1 Å². The zero-order chi connectivity index (χ0) is 16.6. The molecule has 0 saturated heterocycles. The van der Waals surface area contributed by atoms with Crippen LogP contribution in [-0.2, 0) is 11.3 Å². The lowest BCUT2D eigenvalue weighted by Gasteiger charge is -2.04. The van der Waals surface area contributed by atoms with Crippen molar-refractivity contribution in [1.29, 1.82) is 0 Å². The minimum Gasteiger partial charge on any atom is -0.445 e. The van der Waals surface area contributed by atoms with Gasteiger partial charge in [0.2, 0.25) is 0 Å². The molecular weight excluding hydrogens is 300 g/mol. The van der Waals surface area contributed by atoms with Crippen molar-refractivity contribution in [2.45, 2.75) is 6.61 Å². The highest BCUT2D eigenvalue weighted by Gasteiger charge is 2.00. The third-order valence-corrected chi connectivity index (χ3v) is 3.37. The summed E-state index contributed by atoms with van der Waals surface area (Å²) in [5, 5.41) is 3.65. The van der Waals surface area contributed by atoms with Gasteiger partial charge in [0.1, 0.15) is 6.61 Å². The second-order valence-electron chi connectivity index (χ2n) is 5.13. The van der Waals surface area contributed by atoms with Gasteiger partial charge in [0.05, 0.1) is 12.1 Å². The summed E-state index contributed by atoms with van der Waals surface area (Å²) in [6.45, 7) is 0.483. The first-order valence-corrected chi connectivity index (χ1v) is 7.59. The molecule has 24 heavy (non-hydrogen) atoms. The second kappa shape index (κ2) is 7.80. The lowest BCUT2D eigenvalue weighted by molar-refractivity contribution is 0.141. The van der Waals surface area contributed by atoms with E-state index in [1.165, 1.54) is 0 Å². The van der Waals surface area contributed by atoms with E-state index in [1.54, 1.807) is 6.20 Å². The summed E-state index contributed by atoms with van der Waals surface area (Å²) >= 11 is 0. The van der Waals surface area contributed by atoms with Crippen LogP contribution < -0.4 is 5.32 Å². The zero-order valence-electron chi connectivity index (χ0n) is 13.0. The number of alkyl carbamates (subject to hydrolysis) is 1. The lowest BCUT2D eigenvalue weighted by atomic mass is 10.1. The fourth-order valence-corrected chi connectivity index (χ4v) is 2.19. The van der Waals surface area contributed by atoms with Crippen LogP contribution in [0.1, 0.15) is 11.1 Å². The molecule has 0 aliphatic heterocycles. The normalized spacial score (nSPS) is 9.83. The van der Waals surface area contributed by atoms with Crippen molar-refractivity contribution in [3.8, 4) is 11.8 Å².